The highest BCUT2D eigenvalue weighted by molar-refractivity contribution is 4.51. The van der Waals surface area contributed by atoms with Gasteiger partial charge in [0.15, 0.2) is 0 Å². The van der Waals surface area contributed by atoms with Gasteiger partial charge in [-0.05, 0) is 71.4 Å². The van der Waals surface area contributed by atoms with Gasteiger partial charge in [0.1, 0.15) is 0 Å². The predicted octanol–water partition coefficient (Wildman–Crippen LogP) is 0.498. The number of hydrogen-bond acceptors (Lipinski definition) is 6. The van der Waals surface area contributed by atoms with Crippen LogP contribution in [0.5, 0.6) is 0 Å². The number of rotatable bonds is 17. The van der Waals surface area contributed by atoms with E-state index in [2.05, 4.69) is 10.6 Å². The third-order valence-electron chi connectivity index (χ3n) is 3.49. The Morgan fingerprint density at radius 3 is 1.17 bits per heavy atom. The molecule has 0 aromatic heterocycles. The predicted molar refractivity (Wildman–Crippen MR) is 104 cm³/mol. The van der Waals surface area contributed by atoms with E-state index >= 15 is 0 Å². The van der Waals surface area contributed by atoms with Gasteiger partial charge in [-0.1, -0.05) is 25.7 Å². The molecule has 0 fully saturated rings. The molecule has 0 aliphatic heterocycles. The second-order valence-electron chi connectivity index (χ2n) is 5.84. The maximum absolute atomic E-state index is 5.42. The van der Waals surface area contributed by atoms with Crippen molar-refractivity contribution in [3.8, 4) is 0 Å². The van der Waals surface area contributed by atoms with Crippen LogP contribution in [0.4, 0.5) is 0 Å². The van der Waals surface area contributed by atoms with E-state index in [9.17, 15) is 0 Å². The average molecular weight is 333 g/mol. The lowest BCUT2D eigenvalue weighted by Gasteiger charge is -2.04. The maximum Gasteiger partial charge on any atom is 0.00745 e. The molecule has 6 nitrogen and oxygen atoms in total. The second kappa shape index (κ2) is 26.6. The summed E-state index contributed by atoms with van der Waals surface area (Å²) in [4.78, 5) is 0. The van der Waals surface area contributed by atoms with Crippen LogP contribution in [-0.4, -0.2) is 52.4 Å². The third kappa shape index (κ3) is 30.2. The maximum atomic E-state index is 5.42. The van der Waals surface area contributed by atoms with Crippen molar-refractivity contribution < 1.29 is 0 Å². The molecule has 0 rings (SSSR count). The van der Waals surface area contributed by atoms with Crippen molar-refractivity contribution in [1.82, 2.24) is 10.6 Å². The Kier molecular flexibility index (Phi) is 29.0. The summed E-state index contributed by atoms with van der Waals surface area (Å²) < 4.78 is 0. The van der Waals surface area contributed by atoms with Crippen LogP contribution in [0.3, 0.4) is 0 Å². The van der Waals surface area contributed by atoms with Gasteiger partial charge in [0.05, 0.1) is 0 Å². The zero-order valence-corrected chi connectivity index (χ0v) is 15.3. The topological polar surface area (TPSA) is 128 Å². The van der Waals surface area contributed by atoms with Crippen LogP contribution in [0.2, 0.25) is 0 Å². The van der Waals surface area contributed by atoms with E-state index in [1.54, 1.807) is 0 Å². The van der Waals surface area contributed by atoms with Crippen LogP contribution in [0.1, 0.15) is 57.8 Å². The Hall–Kier alpha value is -0.240. The molecule has 0 spiro atoms. The lowest BCUT2D eigenvalue weighted by molar-refractivity contribution is 0.558. The molecule has 0 unspecified atom stereocenters. The smallest absolute Gasteiger partial charge is 0.00745 e. The molecular weight excluding hydrogens is 288 g/mol. The van der Waals surface area contributed by atoms with Crippen LogP contribution < -0.4 is 33.6 Å². The summed E-state index contributed by atoms with van der Waals surface area (Å²) in [5.74, 6) is 0. The lowest BCUT2D eigenvalue weighted by Crippen LogP contribution is -2.24. The van der Waals surface area contributed by atoms with E-state index in [0.717, 1.165) is 39.1 Å². The monoisotopic (exact) mass is 332 g/mol. The minimum atomic E-state index is 0.713. The van der Waals surface area contributed by atoms with Crippen molar-refractivity contribution in [2.24, 2.45) is 22.9 Å². The highest BCUT2D eigenvalue weighted by Crippen LogP contribution is 1.98. The van der Waals surface area contributed by atoms with Gasteiger partial charge in [0, 0.05) is 13.1 Å². The van der Waals surface area contributed by atoms with Crippen molar-refractivity contribution >= 4 is 0 Å². The van der Waals surface area contributed by atoms with Crippen molar-refractivity contribution in [2.75, 3.05) is 52.4 Å². The van der Waals surface area contributed by atoms with Gasteiger partial charge >= 0.3 is 0 Å². The van der Waals surface area contributed by atoms with Gasteiger partial charge in [0.25, 0.3) is 0 Å². The number of nitrogens with one attached hydrogen (secondary N) is 2. The van der Waals surface area contributed by atoms with Crippen LogP contribution >= 0.6 is 0 Å². The molecule has 0 bridgehead atoms. The molecule has 0 heterocycles. The minimum absolute atomic E-state index is 0.713. The van der Waals surface area contributed by atoms with Crippen molar-refractivity contribution in [2.45, 2.75) is 57.8 Å². The zero-order valence-electron chi connectivity index (χ0n) is 15.3. The fourth-order valence-electron chi connectivity index (χ4n) is 2.07. The first-order valence-corrected chi connectivity index (χ1v) is 9.55. The van der Waals surface area contributed by atoms with Gasteiger partial charge in [-0.3, -0.25) is 0 Å². The summed E-state index contributed by atoms with van der Waals surface area (Å²) in [5.41, 5.74) is 21.3. The average Bonchev–Trinajstić information content (AvgIpc) is 2.57. The summed E-state index contributed by atoms with van der Waals surface area (Å²) in [6.07, 6.45) is 11.2. The van der Waals surface area contributed by atoms with Gasteiger partial charge in [-0.2, -0.15) is 0 Å². The fraction of sp³-hybridized carbons (Fsp3) is 1.00. The van der Waals surface area contributed by atoms with E-state index in [1.165, 1.54) is 64.5 Å². The van der Waals surface area contributed by atoms with E-state index in [1.807, 2.05) is 0 Å². The summed E-state index contributed by atoms with van der Waals surface area (Å²) in [6, 6.07) is 0. The highest BCUT2D eigenvalue weighted by atomic mass is 14.9. The van der Waals surface area contributed by atoms with Gasteiger partial charge in [-0.25, -0.2) is 0 Å². The number of unbranched alkanes of at least 4 members (excludes halogenated alkanes) is 6. The largest absolute Gasteiger partial charge is 0.330 e. The molecule has 0 aliphatic carbocycles. The van der Waals surface area contributed by atoms with Crippen LogP contribution in [0, 0.1) is 0 Å². The van der Waals surface area contributed by atoms with Crippen molar-refractivity contribution in [1.29, 1.82) is 0 Å². The minimum Gasteiger partial charge on any atom is -0.330 e. The summed E-state index contributed by atoms with van der Waals surface area (Å²) >= 11 is 0. The Morgan fingerprint density at radius 2 is 0.739 bits per heavy atom. The lowest BCUT2D eigenvalue weighted by atomic mass is 10.2. The van der Waals surface area contributed by atoms with Gasteiger partial charge in [0.2, 0.25) is 0 Å². The molecule has 0 aromatic carbocycles. The first-order chi connectivity index (χ1) is 11.3. The molecule has 0 saturated heterocycles. The quantitative estimate of drug-likeness (QED) is 0.215. The Labute approximate surface area is 144 Å². The molecule has 0 aromatic rings. The second-order valence-corrected chi connectivity index (χ2v) is 5.84. The van der Waals surface area contributed by atoms with Gasteiger partial charge < -0.3 is 33.6 Å². The molecule has 0 radical (unpaired) electrons. The molecule has 0 atom stereocenters. The zero-order chi connectivity index (χ0) is 17.4. The summed E-state index contributed by atoms with van der Waals surface area (Å²) in [5, 5.41) is 6.61. The number of nitrogens with two attached hydrogens (primary N) is 4. The van der Waals surface area contributed by atoms with Crippen LogP contribution in [0.25, 0.3) is 0 Å². The first-order valence-electron chi connectivity index (χ1n) is 9.55. The molecule has 0 amide bonds. The van der Waals surface area contributed by atoms with Crippen LogP contribution in [-0.2, 0) is 0 Å². The molecule has 6 heteroatoms. The molecule has 10 N–H and O–H groups in total. The van der Waals surface area contributed by atoms with Crippen molar-refractivity contribution in [3.63, 3.8) is 0 Å². The van der Waals surface area contributed by atoms with Crippen LogP contribution in [0.15, 0.2) is 0 Å². The van der Waals surface area contributed by atoms with E-state index in [-0.39, 0.29) is 0 Å². The first kappa shape index (κ1) is 25.0. The van der Waals surface area contributed by atoms with Gasteiger partial charge in [-0.15, -0.1) is 0 Å². The summed E-state index contributed by atoms with van der Waals surface area (Å²) in [6.45, 7) is 7.39. The molecule has 0 aliphatic rings. The summed E-state index contributed by atoms with van der Waals surface area (Å²) in [7, 11) is 0. The van der Waals surface area contributed by atoms with E-state index in [4.69, 9.17) is 22.9 Å². The SMILES string of the molecule is NCCCCCCNCCCCCCN.NCCCNCCN. The van der Waals surface area contributed by atoms with Crippen molar-refractivity contribution in [3.05, 3.63) is 0 Å². The molecule has 0 saturated carbocycles. The molecular formula is C17H44N6. The normalized spacial score (nSPS) is 10.4. The highest BCUT2D eigenvalue weighted by Gasteiger charge is 1.91. The third-order valence-corrected chi connectivity index (χ3v) is 3.49. The van der Waals surface area contributed by atoms with E-state index < -0.39 is 0 Å². The molecule has 142 valence electrons. The Morgan fingerprint density at radius 1 is 0.348 bits per heavy atom. The fourth-order valence-corrected chi connectivity index (χ4v) is 2.07. The Bertz CT molecular complexity index is 162. The molecule has 23 heavy (non-hydrogen) atoms. The standard InChI is InChI=1S/C12H29N3.C5H15N3/c13-9-5-1-3-7-11-15-12-8-4-2-6-10-14;6-2-1-4-8-5-3-7/h15H,1-14H2;8H,1-7H2. The van der Waals surface area contributed by atoms with E-state index in [0.29, 0.717) is 6.54 Å². The Balaban J connectivity index is 0. The number of hydrogen-bond donors (Lipinski definition) is 6.